The second-order valence-electron chi connectivity index (χ2n) is 3.31. The molecule has 0 aromatic carbocycles. The molecule has 0 aliphatic rings. The lowest BCUT2D eigenvalue weighted by Crippen LogP contribution is -2.38. The highest BCUT2D eigenvalue weighted by Gasteiger charge is 2.40. The fraction of sp³-hybridized carbons (Fsp3) is 0.750. The molecule has 0 saturated heterocycles. The molecule has 1 unspecified atom stereocenters. The van der Waals surface area contributed by atoms with Gasteiger partial charge in [0.2, 0.25) is 13.4 Å². The van der Waals surface area contributed by atoms with Crippen LogP contribution in [0.3, 0.4) is 0 Å². The Labute approximate surface area is 106 Å². The molecule has 1 atom stereocenters. The molecule has 0 spiro atoms. The molecule has 0 heterocycles. The number of carboxylic acid groups (broad SMARTS) is 1. The van der Waals surface area contributed by atoms with Crippen molar-refractivity contribution in [3.05, 3.63) is 0 Å². The fourth-order valence-electron chi connectivity index (χ4n) is 1.08. The standard InChI is InChI=1S/C8H14O6S3/c1-3-5-6(7(9)10)17(13,14)8(15)16(11,12)4-2/h6H,3-5H2,1-2H3,(H,9,10). The molecule has 0 aromatic heterocycles. The maximum absolute atomic E-state index is 11.8. The first kappa shape index (κ1) is 16.5. The van der Waals surface area contributed by atoms with Crippen LogP contribution in [0.25, 0.3) is 0 Å². The highest BCUT2D eigenvalue weighted by molar-refractivity contribution is 8.41. The van der Waals surface area contributed by atoms with E-state index in [4.69, 9.17) is 5.11 Å². The second kappa shape index (κ2) is 5.87. The van der Waals surface area contributed by atoms with Crippen molar-refractivity contribution in [1.29, 1.82) is 0 Å². The van der Waals surface area contributed by atoms with Crippen LogP contribution in [0, 0.1) is 0 Å². The van der Waals surface area contributed by atoms with E-state index in [1.807, 2.05) is 0 Å². The Hall–Kier alpha value is -0.540. The van der Waals surface area contributed by atoms with E-state index < -0.39 is 40.2 Å². The van der Waals surface area contributed by atoms with Gasteiger partial charge in [0.15, 0.2) is 15.1 Å². The fourth-order valence-corrected chi connectivity index (χ4v) is 5.18. The van der Waals surface area contributed by atoms with E-state index in [2.05, 4.69) is 12.2 Å². The van der Waals surface area contributed by atoms with Crippen LogP contribution in [-0.2, 0) is 24.5 Å². The molecular formula is C8H14O6S3. The highest BCUT2D eigenvalue weighted by atomic mass is 32.3. The average molecular weight is 302 g/mol. The minimum atomic E-state index is -4.49. The monoisotopic (exact) mass is 302 g/mol. The zero-order valence-corrected chi connectivity index (χ0v) is 11.9. The van der Waals surface area contributed by atoms with Crippen molar-refractivity contribution in [2.24, 2.45) is 0 Å². The summed E-state index contributed by atoms with van der Waals surface area (Å²) in [6.07, 6.45) is 0.127. The number of carbonyl (C=O) groups is 1. The number of aliphatic carboxylic acids is 1. The molecule has 0 amide bonds. The molecule has 1 N–H and O–H groups in total. The van der Waals surface area contributed by atoms with Crippen molar-refractivity contribution in [3.63, 3.8) is 0 Å². The molecule has 0 bridgehead atoms. The van der Waals surface area contributed by atoms with Gasteiger partial charge in [0.05, 0.1) is 5.75 Å². The van der Waals surface area contributed by atoms with Crippen LogP contribution < -0.4 is 0 Å². The molecule has 17 heavy (non-hydrogen) atoms. The van der Waals surface area contributed by atoms with Crippen LogP contribution in [0.1, 0.15) is 26.7 Å². The molecule has 0 saturated carbocycles. The van der Waals surface area contributed by atoms with Crippen molar-refractivity contribution in [2.75, 3.05) is 5.75 Å². The summed E-state index contributed by atoms with van der Waals surface area (Å²) >= 11 is 4.40. The quantitative estimate of drug-likeness (QED) is 0.731. The highest BCUT2D eigenvalue weighted by Crippen LogP contribution is 2.16. The van der Waals surface area contributed by atoms with E-state index in [1.165, 1.54) is 6.92 Å². The summed E-state index contributed by atoms with van der Waals surface area (Å²) in [7, 11) is -8.56. The maximum Gasteiger partial charge on any atom is 0.322 e. The Balaban J connectivity index is 5.55. The summed E-state index contributed by atoms with van der Waals surface area (Å²) in [4.78, 5) is 10.8. The van der Waals surface area contributed by atoms with Gasteiger partial charge in [-0.25, -0.2) is 16.8 Å². The summed E-state index contributed by atoms with van der Waals surface area (Å²) in [5.74, 6) is -2.05. The Morgan fingerprint density at radius 2 is 1.71 bits per heavy atom. The van der Waals surface area contributed by atoms with Crippen molar-refractivity contribution in [1.82, 2.24) is 0 Å². The summed E-state index contributed by atoms with van der Waals surface area (Å²) in [5.41, 5.74) is 0. The largest absolute Gasteiger partial charge is 0.480 e. The Morgan fingerprint density at radius 3 is 2.00 bits per heavy atom. The first-order valence-corrected chi connectivity index (χ1v) is 8.45. The summed E-state index contributed by atoms with van der Waals surface area (Å²) in [6.45, 7) is 2.84. The third kappa shape index (κ3) is 3.71. The van der Waals surface area contributed by atoms with E-state index in [0.29, 0.717) is 6.42 Å². The van der Waals surface area contributed by atoms with E-state index in [-0.39, 0.29) is 6.42 Å². The number of carboxylic acids is 1. The minimum Gasteiger partial charge on any atom is -0.480 e. The van der Waals surface area contributed by atoms with Gasteiger partial charge in [-0.1, -0.05) is 32.5 Å². The predicted octanol–water partition coefficient (Wildman–Crippen LogP) is 0.374. The van der Waals surface area contributed by atoms with Gasteiger partial charge in [0.25, 0.3) is 0 Å². The number of rotatable bonds is 5. The molecule has 0 fully saturated rings. The number of hydrogen-bond donors (Lipinski definition) is 1. The number of sulfone groups is 2. The lowest BCUT2D eigenvalue weighted by molar-refractivity contribution is -0.136. The zero-order valence-electron chi connectivity index (χ0n) is 9.41. The minimum absolute atomic E-state index is 0.170. The van der Waals surface area contributed by atoms with E-state index >= 15 is 0 Å². The molecule has 0 radical (unpaired) electrons. The maximum atomic E-state index is 11.8. The normalized spacial score (nSPS) is 14.2. The van der Waals surface area contributed by atoms with E-state index in [1.54, 1.807) is 6.92 Å². The van der Waals surface area contributed by atoms with Gasteiger partial charge >= 0.3 is 5.97 Å². The van der Waals surface area contributed by atoms with Crippen LogP contribution in [-0.4, -0.2) is 42.4 Å². The molecule has 9 heteroatoms. The third-order valence-electron chi connectivity index (χ3n) is 2.07. The summed E-state index contributed by atoms with van der Waals surface area (Å²) < 4.78 is 45.1. The topological polar surface area (TPSA) is 106 Å². The SMILES string of the molecule is CCCC(C(=O)O)S(=O)(=O)C(=S)S(=O)(=O)CC. The average Bonchev–Trinajstić information content (AvgIpc) is 2.23. The smallest absolute Gasteiger partial charge is 0.322 e. The van der Waals surface area contributed by atoms with Gasteiger partial charge in [0, 0.05) is 0 Å². The predicted molar refractivity (Wildman–Crippen MR) is 67.3 cm³/mol. The van der Waals surface area contributed by atoms with Crippen LogP contribution in [0.2, 0.25) is 0 Å². The first-order chi connectivity index (χ1) is 7.61. The van der Waals surface area contributed by atoms with E-state index in [0.717, 1.165) is 0 Å². The van der Waals surface area contributed by atoms with Gasteiger partial charge in [-0.05, 0) is 6.42 Å². The molecule has 0 aromatic rings. The van der Waals surface area contributed by atoms with Crippen molar-refractivity contribution < 1.29 is 26.7 Å². The lowest BCUT2D eigenvalue weighted by Gasteiger charge is -2.12. The molecule has 0 aliphatic carbocycles. The van der Waals surface area contributed by atoms with Crippen molar-refractivity contribution in [3.8, 4) is 0 Å². The molecule has 0 aliphatic heterocycles. The van der Waals surface area contributed by atoms with Crippen LogP contribution >= 0.6 is 12.2 Å². The Kier molecular flexibility index (Phi) is 5.69. The molecule has 100 valence electrons. The number of thiocarbonyl (C=S) groups is 1. The van der Waals surface area contributed by atoms with Crippen molar-refractivity contribution in [2.45, 2.75) is 31.9 Å². The lowest BCUT2D eigenvalue weighted by atomic mass is 10.2. The Morgan fingerprint density at radius 1 is 1.24 bits per heavy atom. The number of hydrogen-bond acceptors (Lipinski definition) is 6. The van der Waals surface area contributed by atoms with Gasteiger partial charge in [0.1, 0.15) is 0 Å². The van der Waals surface area contributed by atoms with E-state index in [9.17, 15) is 21.6 Å². The van der Waals surface area contributed by atoms with Gasteiger partial charge < -0.3 is 5.11 Å². The molecule has 6 nitrogen and oxygen atoms in total. The van der Waals surface area contributed by atoms with Crippen LogP contribution in [0.4, 0.5) is 0 Å². The second-order valence-corrected chi connectivity index (χ2v) is 8.78. The van der Waals surface area contributed by atoms with Gasteiger partial charge in [-0.15, -0.1) is 0 Å². The molecular weight excluding hydrogens is 288 g/mol. The van der Waals surface area contributed by atoms with Crippen LogP contribution in [0.5, 0.6) is 0 Å². The van der Waals surface area contributed by atoms with Crippen molar-refractivity contribution >= 4 is 41.4 Å². The molecule has 0 rings (SSSR count). The zero-order chi connectivity index (χ0) is 13.9. The summed E-state index contributed by atoms with van der Waals surface area (Å²) in [5, 5.41) is 7.00. The summed E-state index contributed by atoms with van der Waals surface area (Å²) in [6, 6.07) is 0. The Bertz CT molecular complexity index is 501. The van der Waals surface area contributed by atoms with Crippen LogP contribution in [0.15, 0.2) is 0 Å². The van der Waals surface area contributed by atoms with Gasteiger partial charge in [-0.3, -0.25) is 4.79 Å². The first-order valence-electron chi connectivity index (χ1n) is 4.84. The van der Waals surface area contributed by atoms with Gasteiger partial charge in [-0.2, -0.15) is 0 Å². The third-order valence-corrected chi connectivity index (χ3v) is 7.90.